The highest BCUT2D eigenvalue weighted by atomic mass is 32.2. The van der Waals surface area contributed by atoms with E-state index in [1.54, 1.807) is 4.90 Å². The molecule has 2 atom stereocenters. The van der Waals surface area contributed by atoms with Gasteiger partial charge in [-0.1, -0.05) is 72.5 Å². The largest absolute Gasteiger partial charge is 0.289 e. The topological polar surface area (TPSA) is 55.2 Å². The molecule has 5 nitrogen and oxygen atoms in total. The van der Waals surface area contributed by atoms with Crippen molar-refractivity contribution in [2.24, 2.45) is 0 Å². The molecule has 1 amide bonds. The average molecular weight is 480 g/mol. The molecule has 0 bridgehead atoms. The second kappa shape index (κ2) is 8.35. The van der Waals surface area contributed by atoms with Gasteiger partial charge in [-0.15, -0.1) is 0 Å². The Hall–Kier alpha value is -2.68. The second-order valence-electron chi connectivity index (χ2n) is 7.91. The number of thiocarbonyl (C=S) groups is 1. The van der Waals surface area contributed by atoms with E-state index >= 15 is 0 Å². The van der Waals surface area contributed by atoms with Crippen LogP contribution < -0.4 is 0 Å². The number of carbonyl (C=O) groups is 1. The van der Waals surface area contributed by atoms with Gasteiger partial charge in [-0.25, -0.2) is 4.68 Å². The quantitative estimate of drug-likeness (QED) is 0.414. The van der Waals surface area contributed by atoms with Crippen LogP contribution in [-0.4, -0.2) is 52.5 Å². The maximum absolute atomic E-state index is 13.3. The molecular weight excluding hydrogens is 458 g/mol. The molecule has 162 valence electrons. The molecule has 2 unspecified atom stereocenters. The van der Waals surface area contributed by atoms with E-state index < -0.39 is 9.52 Å². The van der Waals surface area contributed by atoms with Crippen LogP contribution in [0.4, 0.5) is 0 Å². The molecule has 2 fully saturated rings. The van der Waals surface area contributed by atoms with Gasteiger partial charge in [0.2, 0.25) is 0 Å². The molecule has 2 saturated heterocycles. The van der Waals surface area contributed by atoms with Crippen LogP contribution in [0.5, 0.6) is 0 Å². The van der Waals surface area contributed by atoms with E-state index in [0.29, 0.717) is 27.2 Å². The number of hydrogen-bond acceptors (Lipinski definition) is 5. The van der Waals surface area contributed by atoms with Crippen molar-refractivity contribution in [3.8, 4) is 16.9 Å². The van der Waals surface area contributed by atoms with Crippen molar-refractivity contribution in [2.75, 3.05) is 11.5 Å². The second-order valence-corrected chi connectivity index (χ2v) is 12.3. The van der Waals surface area contributed by atoms with Crippen molar-refractivity contribution < 1.29 is 9.00 Å². The van der Waals surface area contributed by atoms with Crippen LogP contribution in [0.1, 0.15) is 12.0 Å². The number of nitrogens with zero attached hydrogens (tertiary/aromatic N) is 3. The highest BCUT2D eigenvalue weighted by Crippen LogP contribution is 2.37. The van der Waals surface area contributed by atoms with Gasteiger partial charge in [0.1, 0.15) is 4.32 Å². The molecule has 0 spiro atoms. The van der Waals surface area contributed by atoms with Crippen LogP contribution in [0.15, 0.2) is 71.8 Å². The monoisotopic (exact) mass is 479 g/mol. The van der Waals surface area contributed by atoms with Crippen molar-refractivity contribution in [3.63, 3.8) is 0 Å². The van der Waals surface area contributed by atoms with Gasteiger partial charge >= 0.3 is 0 Å². The summed E-state index contributed by atoms with van der Waals surface area (Å²) in [5, 5.41) is 4.81. The number of thioether (sulfide) groups is 1. The number of para-hydroxylation sites is 1. The Morgan fingerprint density at radius 3 is 2.47 bits per heavy atom. The van der Waals surface area contributed by atoms with E-state index in [1.165, 1.54) is 11.8 Å². The average Bonchev–Trinajstić information content (AvgIpc) is 3.45. The molecule has 5 rings (SSSR count). The summed E-state index contributed by atoms with van der Waals surface area (Å²) < 4.78 is 14.7. The van der Waals surface area contributed by atoms with Crippen LogP contribution in [-0.2, 0) is 14.3 Å². The molecule has 2 aliphatic heterocycles. The van der Waals surface area contributed by atoms with Gasteiger partial charge in [0.25, 0.3) is 5.91 Å². The third kappa shape index (κ3) is 4.05. The van der Waals surface area contributed by atoms with Crippen LogP contribution in [0.2, 0.25) is 0 Å². The summed E-state index contributed by atoms with van der Waals surface area (Å²) in [4.78, 5) is 15.4. The van der Waals surface area contributed by atoms with Crippen LogP contribution >= 0.6 is 24.0 Å². The summed E-state index contributed by atoms with van der Waals surface area (Å²) in [6, 6.07) is 19.6. The van der Waals surface area contributed by atoms with E-state index in [0.717, 1.165) is 22.5 Å². The smallest absolute Gasteiger partial charge is 0.266 e. The zero-order valence-electron chi connectivity index (χ0n) is 17.2. The Balaban J connectivity index is 1.54. The lowest BCUT2D eigenvalue weighted by Gasteiger charge is -2.21. The van der Waals surface area contributed by atoms with Crippen LogP contribution in [0, 0.1) is 0 Å². The third-order valence-corrected chi connectivity index (χ3v) is 8.91. The Morgan fingerprint density at radius 1 is 1.12 bits per heavy atom. The number of amides is 1. The molecule has 0 radical (unpaired) electrons. The molecule has 0 N–H and O–H groups in total. The van der Waals surface area contributed by atoms with E-state index in [9.17, 15) is 9.00 Å². The number of carbonyl (C=O) groups excluding carboxylic acids is 1. The Labute approximate surface area is 197 Å². The predicted octanol–water partition coefficient (Wildman–Crippen LogP) is 4.23. The molecule has 0 saturated carbocycles. The zero-order chi connectivity index (χ0) is 22.3. The van der Waals surface area contributed by atoms with Gasteiger partial charge in [-0.05, 0) is 40.0 Å². The molecular formula is C24H21N3O2S3. The number of rotatable bonds is 4. The van der Waals surface area contributed by atoms with Gasteiger partial charge in [-0.3, -0.25) is 13.9 Å². The van der Waals surface area contributed by atoms with Gasteiger partial charge in [0, 0.05) is 28.8 Å². The minimum absolute atomic E-state index is 0.131. The SMILES string of the molecule is C=S1(=O)CCC(N2C(=O)/C(=C/c3cn(-c4ccccc4)nc3-c3ccccc3)SC2=S)C1. The van der Waals surface area contributed by atoms with Gasteiger partial charge in [-0.2, -0.15) is 5.10 Å². The summed E-state index contributed by atoms with van der Waals surface area (Å²) in [6.07, 6.45) is 4.47. The van der Waals surface area contributed by atoms with Crippen molar-refractivity contribution >= 4 is 55.7 Å². The molecule has 0 aliphatic carbocycles. The molecule has 3 heterocycles. The number of aromatic nitrogens is 2. The Morgan fingerprint density at radius 2 is 1.81 bits per heavy atom. The van der Waals surface area contributed by atoms with Crippen LogP contribution in [0.25, 0.3) is 23.0 Å². The summed E-state index contributed by atoms with van der Waals surface area (Å²) >= 11 is 6.81. The molecule has 1 aromatic heterocycles. The summed E-state index contributed by atoms with van der Waals surface area (Å²) in [6.45, 7) is 0. The first-order valence-electron chi connectivity index (χ1n) is 10.2. The fraction of sp³-hybridized carbons (Fsp3) is 0.167. The lowest BCUT2D eigenvalue weighted by atomic mass is 10.1. The third-order valence-electron chi connectivity index (χ3n) is 5.61. The maximum atomic E-state index is 13.3. The van der Waals surface area contributed by atoms with E-state index in [4.69, 9.17) is 17.3 Å². The number of benzene rings is 2. The fourth-order valence-electron chi connectivity index (χ4n) is 4.03. The lowest BCUT2D eigenvalue weighted by molar-refractivity contribution is -0.123. The maximum Gasteiger partial charge on any atom is 0.266 e. The minimum Gasteiger partial charge on any atom is -0.289 e. The lowest BCUT2D eigenvalue weighted by Crippen LogP contribution is -2.39. The van der Waals surface area contributed by atoms with Crippen molar-refractivity contribution in [2.45, 2.75) is 12.5 Å². The van der Waals surface area contributed by atoms with E-state index in [2.05, 4.69) is 5.87 Å². The summed E-state index contributed by atoms with van der Waals surface area (Å²) in [7, 11) is -2.12. The minimum atomic E-state index is -2.12. The van der Waals surface area contributed by atoms with Gasteiger partial charge in [0.15, 0.2) is 0 Å². The molecule has 32 heavy (non-hydrogen) atoms. The first kappa shape index (κ1) is 21.2. The molecule has 2 aliphatic rings. The number of hydrogen-bond donors (Lipinski definition) is 0. The zero-order valence-corrected chi connectivity index (χ0v) is 19.7. The molecule has 8 heteroatoms. The summed E-state index contributed by atoms with van der Waals surface area (Å²) in [5.41, 5.74) is 3.54. The molecule has 3 aromatic rings. The van der Waals surface area contributed by atoms with E-state index in [1.807, 2.05) is 77.6 Å². The summed E-state index contributed by atoms with van der Waals surface area (Å²) in [5.74, 6) is 4.64. The van der Waals surface area contributed by atoms with Gasteiger partial charge in [0.05, 0.1) is 22.3 Å². The predicted molar refractivity (Wildman–Crippen MR) is 137 cm³/mol. The Kier molecular flexibility index (Phi) is 5.53. The molecule has 2 aromatic carbocycles. The first-order valence-corrected chi connectivity index (χ1v) is 13.5. The van der Waals surface area contributed by atoms with E-state index in [-0.39, 0.29) is 11.9 Å². The Bertz CT molecular complexity index is 1330. The van der Waals surface area contributed by atoms with Crippen molar-refractivity contribution in [3.05, 3.63) is 77.3 Å². The van der Waals surface area contributed by atoms with Gasteiger partial charge < -0.3 is 0 Å². The van der Waals surface area contributed by atoms with Crippen molar-refractivity contribution in [1.29, 1.82) is 0 Å². The first-order chi connectivity index (χ1) is 15.4. The highest BCUT2D eigenvalue weighted by Gasteiger charge is 2.40. The van der Waals surface area contributed by atoms with Crippen molar-refractivity contribution in [1.82, 2.24) is 14.7 Å². The van der Waals surface area contributed by atoms with Crippen LogP contribution in [0.3, 0.4) is 0 Å². The highest BCUT2D eigenvalue weighted by molar-refractivity contribution is 8.26. The standard InChI is InChI=1S/C24H21N3O2S3/c1-32(29)13-12-20(16-32)27-23(28)21(31-24(27)30)14-18-15-26(19-10-6-3-7-11-19)25-22(18)17-8-4-2-5-9-17/h2-11,14-15,20H,1,12-13,16H2/b21-14-. The fourth-order valence-corrected chi connectivity index (χ4v) is 7.31. The normalized spacial score (nSPS) is 24.6.